The maximum Gasteiger partial charge on any atom is 0.210 e. The van der Waals surface area contributed by atoms with E-state index < -0.39 is 10.0 Å². The summed E-state index contributed by atoms with van der Waals surface area (Å²) in [5.41, 5.74) is 1.41. The lowest BCUT2D eigenvalue weighted by Crippen LogP contribution is -2.26. The molecule has 0 spiro atoms. The molecule has 0 saturated carbocycles. The van der Waals surface area contributed by atoms with Crippen LogP contribution in [0.1, 0.15) is 31.7 Å². The number of unbranched alkanes of at least 4 members (excludes halogenated alkanes) is 1. The molecule has 0 aromatic heterocycles. The van der Waals surface area contributed by atoms with Crippen molar-refractivity contribution in [3.63, 3.8) is 0 Å². The predicted molar refractivity (Wildman–Crippen MR) is 93.8 cm³/mol. The minimum Gasteiger partial charge on any atom is -0.213 e. The molecule has 21 heavy (non-hydrogen) atoms. The molecule has 0 N–H and O–H groups in total. The Labute approximate surface area is 131 Å². The van der Waals surface area contributed by atoms with E-state index in [4.69, 9.17) is 0 Å². The zero-order valence-electron chi connectivity index (χ0n) is 13.5. The third-order valence-corrected chi connectivity index (χ3v) is 7.62. The van der Waals surface area contributed by atoms with Crippen LogP contribution < -0.4 is 0 Å². The summed E-state index contributed by atoms with van der Waals surface area (Å²) in [6.45, 7) is 2.87. The first kappa shape index (κ1) is 18.6. The molecule has 0 amide bonds. The van der Waals surface area contributed by atoms with Gasteiger partial charge in [0.15, 0.2) is 0 Å². The summed E-state index contributed by atoms with van der Waals surface area (Å²) in [6.07, 6.45) is 8.37. The van der Waals surface area contributed by atoms with Crippen LogP contribution in [0.5, 0.6) is 0 Å². The van der Waals surface area contributed by atoms with E-state index in [9.17, 15) is 8.42 Å². The highest BCUT2D eigenvalue weighted by Crippen LogP contribution is 2.41. The lowest BCUT2D eigenvalue weighted by Gasteiger charge is -2.20. The van der Waals surface area contributed by atoms with Gasteiger partial charge in [-0.05, 0) is 36.9 Å². The fraction of sp³-hybridized carbons (Fsp3) is 0.625. The molecule has 0 bridgehead atoms. The second-order valence-electron chi connectivity index (χ2n) is 5.55. The summed E-state index contributed by atoms with van der Waals surface area (Å²) in [7, 11) is -1.40. The molecule has 0 heterocycles. The van der Waals surface area contributed by atoms with E-state index in [1.165, 1.54) is 41.3 Å². The smallest absolute Gasteiger partial charge is 0.210 e. The van der Waals surface area contributed by atoms with Gasteiger partial charge in [-0.2, -0.15) is 0 Å². The number of rotatable bonds is 10. The minimum atomic E-state index is -3.04. The zero-order chi connectivity index (χ0) is 15.7. The van der Waals surface area contributed by atoms with Gasteiger partial charge < -0.3 is 0 Å². The van der Waals surface area contributed by atoms with E-state index in [2.05, 4.69) is 37.3 Å². The number of nitrogens with zero attached hydrogens (tertiary/aromatic N) is 1. The molecule has 1 aromatic rings. The van der Waals surface area contributed by atoms with Crippen LogP contribution >= 0.6 is 7.92 Å². The van der Waals surface area contributed by atoms with Crippen molar-refractivity contribution in [1.29, 1.82) is 0 Å². The second kappa shape index (κ2) is 9.55. The fourth-order valence-electron chi connectivity index (χ4n) is 2.18. The first-order valence-corrected chi connectivity index (χ1v) is 11.4. The van der Waals surface area contributed by atoms with Gasteiger partial charge in [-0.3, -0.25) is 0 Å². The van der Waals surface area contributed by atoms with E-state index in [-0.39, 0.29) is 7.92 Å². The summed E-state index contributed by atoms with van der Waals surface area (Å²) in [5.74, 6) is 0. The van der Waals surface area contributed by atoms with E-state index in [1.807, 2.05) is 0 Å². The van der Waals surface area contributed by atoms with Crippen molar-refractivity contribution in [3.8, 4) is 0 Å². The standard InChI is InChI=1S/C16H28NO2PS/c1-4-5-13-20(15-16-10-7-6-8-11-16)14-9-12-17(2)21(3,18)19/h6-8,10-11H,4-5,9,12-15H2,1-3H3. The lowest BCUT2D eigenvalue weighted by atomic mass is 10.2. The van der Waals surface area contributed by atoms with Crippen LogP contribution in [0.4, 0.5) is 0 Å². The Morgan fingerprint density at radius 1 is 1.10 bits per heavy atom. The molecule has 3 nitrogen and oxygen atoms in total. The van der Waals surface area contributed by atoms with Crippen molar-refractivity contribution < 1.29 is 8.42 Å². The molecule has 1 unspecified atom stereocenters. The van der Waals surface area contributed by atoms with E-state index in [0.717, 1.165) is 12.6 Å². The Balaban J connectivity index is 2.46. The quantitative estimate of drug-likeness (QED) is 0.613. The van der Waals surface area contributed by atoms with Gasteiger partial charge in [0.2, 0.25) is 10.0 Å². The number of hydrogen-bond donors (Lipinski definition) is 0. The zero-order valence-corrected chi connectivity index (χ0v) is 15.2. The Hall–Kier alpha value is -0.440. The molecular formula is C16H28NO2PS. The highest BCUT2D eigenvalue weighted by molar-refractivity contribution is 7.88. The number of benzene rings is 1. The average Bonchev–Trinajstić information content (AvgIpc) is 2.44. The Morgan fingerprint density at radius 3 is 2.29 bits per heavy atom. The molecule has 0 radical (unpaired) electrons. The third-order valence-electron chi connectivity index (χ3n) is 3.59. The number of sulfonamides is 1. The molecular weight excluding hydrogens is 301 g/mol. The maximum atomic E-state index is 11.4. The van der Waals surface area contributed by atoms with Gasteiger partial charge in [0.1, 0.15) is 0 Å². The first-order valence-electron chi connectivity index (χ1n) is 7.61. The van der Waals surface area contributed by atoms with Crippen molar-refractivity contribution >= 4 is 17.9 Å². The van der Waals surface area contributed by atoms with Crippen LogP contribution in [-0.4, -0.2) is 44.9 Å². The van der Waals surface area contributed by atoms with Crippen LogP contribution in [0.25, 0.3) is 0 Å². The molecule has 5 heteroatoms. The normalized spacial score (nSPS) is 13.5. The molecule has 120 valence electrons. The average molecular weight is 329 g/mol. The van der Waals surface area contributed by atoms with Crippen LogP contribution in [0.2, 0.25) is 0 Å². The van der Waals surface area contributed by atoms with Gasteiger partial charge in [-0.15, -0.1) is 7.92 Å². The molecule has 1 atom stereocenters. The topological polar surface area (TPSA) is 37.4 Å². The maximum absolute atomic E-state index is 11.4. The first-order chi connectivity index (χ1) is 9.93. The van der Waals surface area contributed by atoms with E-state index in [1.54, 1.807) is 7.05 Å². The van der Waals surface area contributed by atoms with Gasteiger partial charge in [-0.25, -0.2) is 12.7 Å². The summed E-state index contributed by atoms with van der Waals surface area (Å²) < 4.78 is 24.3. The molecule has 0 fully saturated rings. The SMILES string of the molecule is CCCCP(CCCN(C)S(C)(=O)=O)Cc1ccccc1. The molecule has 0 aliphatic carbocycles. The second-order valence-corrected chi connectivity index (χ2v) is 10.2. The van der Waals surface area contributed by atoms with Gasteiger partial charge in [0.25, 0.3) is 0 Å². The van der Waals surface area contributed by atoms with Crippen LogP contribution in [-0.2, 0) is 16.2 Å². The Kier molecular flexibility index (Phi) is 8.46. The van der Waals surface area contributed by atoms with Crippen LogP contribution in [0.15, 0.2) is 30.3 Å². The highest BCUT2D eigenvalue weighted by atomic mass is 32.2. The Morgan fingerprint density at radius 2 is 1.71 bits per heavy atom. The van der Waals surface area contributed by atoms with Crippen LogP contribution in [0, 0.1) is 0 Å². The van der Waals surface area contributed by atoms with Gasteiger partial charge >= 0.3 is 0 Å². The van der Waals surface area contributed by atoms with Crippen molar-refractivity contribution in [2.24, 2.45) is 0 Å². The molecule has 0 saturated heterocycles. The summed E-state index contributed by atoms with van der Waals surface area (Å²) in [5, 5.41) is 0. The fourth-order valence-corrected chi connectivity index (χ4v) is 5.26. The lowest BCUT2D eigenvalue weighted by molar-refractivity contribution is 0.474. The largest absolute Gasteiger partial charge is 0.213 e. The van der Waals surface area contributed by atoms with Crippen molar-refractivity contribution in [1.82, 2.24) is 4.31 Å². The van der Waals surface area contributed by atoms with E-state index in [0.29, 0.717) is 6.54 Å². The van der Waals surface area contributed by atoms with Gasteiger partial charge in [-0.1, -0.05) is 43.7 Å². The predicted octanol–water partition coefficient (Wildman–Crippen LogP) is 3.75. The minimum absolute atomic E-state index is 0.0308. The van der Waals surface area contributed by atoms with Crippen LogP contribution in [0.3, 0.4) is 0 Å². The molecule has 1 aromatic carbocycles. The summed E-state index contributed by atoms with van der Waals surface area (Å²) >= 11 is 0. The Bertz CT molecular complexity index is 490. The summed E-state index contributed by atoms with van der Waals surface area (Å²) in [6, 6.07) is 10.6. The molecule has 0 aliphatic rings. The van der Waals surface area contributed by atoms with Crippen molar-refractivity contribution in [3.05, 3.63) is 35.9 Å². The monoisotopic (exact) mass is 329 g/mol. The number of hydrogen-bond acceptors (Lipinski definition) is 2. The highest BCUT2D eigenvalue weighted by Gasteiger charge is 2.13. The molecule has 1 rings (SSSR count). The summed E-state index contributed by atoms with van der Waals surface area (Å²) in [4.78, 5) is 0. The van der Waals surface area contributed by atoms with Gasteiger partial charge in [0, 0.05) is 13.6 Å². The third kappa shape index (κ3) is 7.94. The van der Waals surface area contributed by atoms with Crippen molar-refractivity contribution in [2.45, 2.75) is 32.3 Å². The van der Waals surface area contributed by atoms with Crippen molar-refractivity contribution in [2.75, 3.05) is 32.2 Å². The van der Waals surface area contributed by atoms with Gasteiger partial charge in [0.05, 0.1) is 6.26 Å². The van der Waals surface area contributed by atoms with E-state index >= 15 is 0 Å². The molecule has 0 aliphatic heterocycles.